The van der Waals surface area contributed by atoms with Crippen molar-refractivity contribution in [3.63, 3.8) is 0 Å². The molecule has 0 heterocycles. The van der Waals surface area contributed by atoms with Gasteiger partial charge in [0.25, 0.3) is 0 Å². The molecule has 4 nitrogen and oxygen atoms in total. The Kier molecular flexibility index (Phi) is 7.89. The van der Waals surface area contributed by atoms with Crippen molar-refractivity contribution in [1.82, 2.24) is 9.91 Å². The zero-order valence-corrected chi connectivity index (χ0v) is 15.3. The molecular weight excluding hydrogens is 369 g/mol. The predicted molar refractivity (Wildman–Crippen MR) is 67.9 cm³/mol. The van der Waals surface area contributed by atoms with Crippen molar-refractivity contribution in [2.75, 3.05) is 47.3 Å². The molecule has 98 valence electrons. The first kappa shape index (κ1) is 16.4. The maximum atomic E-state index is 5.06. The van der Waals surface area contributed by atoms with Gasteiger partial charge < -0.3 is 0 Å². The van der Waals surface area contributed by atoms with E-state index in [1.165, 1.54) is 0 Å². The van der Waals surface area contributed by atoms with Crippen LogP contribution in [0.25, 0.3) is 0 Å². The molecule has 0 saturated heterocycles. The average Bonchev–Trinajstić information content (AvgIpc) is 2.32. The molecule has 16 heavy (non-hydrogen) atoms. The van der Waals surface area contributed by atoms with Gasteiger partial charge in [-0.1, -0.05) is 0 Å². The summed E-state index contributed by atoms with van der Waals surface area (Å²) in [5.41, 5.74) is 0. The fourth-order valence-corrected chi connectivity index (χ4v) is 15.3. The Morgan fingerprint density at radius 1 is 0.750 bits per heavy atom. The average molecular weight is 398 g/mol. The molecule has 0 aliphatic rings. The van der Waals surface area contributed by atoms with Crippen molar-refractivity contribution < 1.29 is 17.7 Å². The second-order valence-electron chi connectivity index (χ2n) is 3.92. The molecule has 0 aromatic carbocycles. The Morgan fingerprint density at radius 3 is 1.25 bits per heavy atom. The van der Waals surface area contributed by atoms with Crippen molar-refractivity contribution in [3.05, 3.63) is 0 Å². The SMILES string of the molecule is CC[N]=[Ta]([N](C)CC)([N](C)CC)[N](C)CC. The molecule has 0 atom stereocenters. The second kappa shape index (κ2) is 7.69. The summed E-state index contributed by atoms with van der Waals surface area (Å²) >= 11 is -2.91. The van der Waals surface area contributed by atoms with Gasteiger partial charge >= 0.3 is 106 Å². The van der Waals surface area contributed by atoms with E-state index >= 15 is 0 Å². The van der Waals surface area contributed by atoms with Gasteiger partial charge in [-0.25, -0.2) is 0 Å². The van der Waals surface area contributed by atoms with Crippen LogP contribution in [0.3, 0.4) is 0 Å². The van der Waals surface area contributed by atoms with Crippen LogP contribution in [0.15, 0.2) is 3.34 Å². The molecule has 0 aromatic rings. The first-order valence-electron chi connectivity index (χ1n) is 6.23. The van der Waals surface area contributed by atoms with Gasteiger partial charge in [-0.05, 0) is 0 Å². The predicted octanol–water partition coefficient (Wildman–Crippen LogP) is 1.94. The van der Waals surface area contributed by atoms with E-state index in [9.17, 15) is 0 Å². The summed E-state index contributed by atoms with van der Waals surface area (Å²) in [5, 5.41) is 0. The van der Waals surface area contributed by atoms with Gasteiger partial charge in [-0.15, -0.1) is 0 Å². The second-order valence-corrected chi connectivity index (χ2v) is 16.1. The van der Waals surface area contributed by atoms with Crippen LogP contribution in [0.4, 0.5) is 0 Å². The van der Waals surface area contributed by atoms with Crippen LogP contribution < -0.4 is 0 Å². The molecule has 0 aliphatic carbocycles. The van der Waals surface area contributed by atoms with Gasteiger partial charge in [-0.3, -0.25) is 0 Å². The van der Waals surface area contributed by atoms with E-state index in [2.05, 4.69) is 58.7 Å². The minimum atomic E-state index is -2.91. The molecule has 0 unspecified atom stereocenters. The molecule has 0 saturated carbocycles. The van der Waals surface area contributed by atoms with Crippen LogP contribution in [0.2, 0.25) is 0 Å². The van der Waals surface area contributed by atoms with Crippen molar-refractivity contribution in [2.45, 2.75) is 27.7 Å². The van der Waals surface area contributed by atoms with Crippen LogP contribution in [-0.4, -0.2) is 57.2 Å². The molecule has 0 amide bonds. The first-order valence-corrected chi connectivity index (χ1v) is 12.0. The molecule has 0 spiro atoms. The quantitative estimate of drug-likeness (QED) is 0.655. The van der Waals surface area contributed by atoms with Gasteiger partial charge in [0.15, 0.2) is 0 Å². The van der Waals surface area contributed by atoms with Gasteiger partial charge in [0.05, 0.1) is 0 Å². The van der Waals surface area contributed by atoms with E-state index in [0.29, 0.717) is 0 Å². The number of rotatable bonds is 7. The Hall–Kier alpha value is 0.420. The normalized spacial score (nSPS) is 12.9. The molecule has 0 radical (unpaired) electrons. The van der Waals surface area contributed by atoms with Gasteiger partial charge in [-0.2, -0.15) is 0 Å². The first-order chi connectivity index (χ1) is 7.50. The molecule has 0 aliphatic heterocycles. The van der Waals surface area contributed by atoms with Crippen molar-refractivity contribution in [2.24, 2.45) is 3.34 Å². The van der Waals surface area contributed by atoms with Gasteiger partial charge in [0.2, 0.25) is 0 Å². The third-order valence-electron chi connectivity index (χ3n) is 3.08. The van der Waals surface area contributed by atoms with Crippen LogP contribution >= 0.6 is 0 Å². The Bertz CT molecular complexity index is 209. The van der Waals surface area contributed by atoms with Crippen molar-refractivity contribution in [1.29, 1.82) is 0 Å². The summed E-state index contributed by atoms with van der Waals surface area (Å²) < 4.78 is 12.6. The molecule has 0 rings (SSSR count). The zero-order valence-electron chi connectivity index (χ0n) is 12.1. The van der Waals surface area contributed by atoms with Crippen molar-refractivity contribution in [3.8, 4) is 0 Å². The van der Waals surface area contributed by atoms with Crippen molar-refractivity contribution >= 4 is 0 Å². The molecule has 0 aromatic heterocycles. The molecule has 0 fully saturated rings. The summed E-state index contributed by atoms with van der Waals surface area (Å²) in [4.78, 5) is 0. The van der Waals surface area contributed by atoms with E-state index in [0.717, 1.165) is 26.2 Å². The monoisotopic (exact) mass is 398 g/mol. The third-order valence-corrected chi connectivity index (χ3v) is 18.4. The van der Waals surface area contributed by atoms with Gasteiger partial charge in [0, 0.05) is 0 Å². The summed E-state index contributed by atoms with van der Waals surface area (Å²) in [5.74, 6) is 0. The summed E-state index contributed by atoms with van der Waals surface area (Å²) in [6.07, 6.45) is 0. The minimum absolute atomic E-state index is 0.928. The summed E-state index contributed by atoms with van der Waals surface area (Å²) in [6.45, 7) is 13.0. The van der Waals surface area contributed by atoms with Crippen LogP contribution in [0, 0.1) is 0 Å². The number of hydrogen-bond donors (Lipinski definition) is 0. The number of nitrogens with zero attached hydrogens (tertiary/aromatic N) is 4. The van der Waals surface area contributed by atoms with E-state index in [-0.39, 0.29) is 0 Å². The number of hydrogen-bond acceptors (Lipinski definition) is 1. The standard InChI is InChI=1S/3C3H8N.C2H5N.Ta/c3*1-3-4-2;1-2-3;/h3*3H2,1-2H3;2H2,1H3;/q3*-1;;+3. The topological polar surface area (TPSA) is 22.1 Å². The maximum absolute atomic E-state index is 5.06. The molecule has 0 N–H and O–H groups in total. The van der Waals surface area contributed by atoms with Gasteiger partial charge in [0.1, 0.15) is 0 Å². The summed E-state index contributed by atoms with van der Waals surface area (Å²) in [7, 11) is 6.70. The summed E-state index contributed by atoms with van der Waals surface area (Å²) in [6, 6.07) is 0. The molecule has 5 heteroatoms. The van der Waals surface area contributed by atoms with Crippen LogP contribution in [0.5, 0.6) is 0 Å². The van der Waals surface area contributed by atoms with Crippen LogP contribution in [0.1, 0.15) is 27.7 Å². The zero-order chi connectivity index (χ0) is 12.8. The Labute approximate surface area is 106 Å². The van der Waals surface area contributed by atoms with Crippen LogP contribution in [-0.2, 0) is 17.7 Å². The van der Waals surface area contributed by atoms with E-state index in [1.54, 1.807) is 0 Å². The molecular formula is C11H29N4Ta. The third kappa shape index (κ3) is 3.22. The Morgan fingerprint density at radius 2 is 1.06 bits per heavy atom. The van der Waals surface area contributed by atoms with E-state index in [4.69, 9.17) is 3.34 Å². The Balaban J connectivity index is 5.49. The van der Waals surface area contributed by atoms with E-state index in [1.807, 2.05) is 0 Å². The molecule has 0 bridgehead atoms. The fourth-order valence-electron chi connectivity index (χ4n) is 1.86. The fraction of sp³-hybridized carbons (Fsp3) is 1.00. The van der Waals surface area contributed by atoms with E-state index < -0.39 is 17.7 Å².